The van der Waals surface area contributed by atoms with E-state index >= 15 is 0 Å². The molecule has 0 aliphatic carbocycles. The van der Waals surface area contributed by atoms with Crippen molar-refractivity contribution < 1.29 is 4.79 Å². The van der Waals surface area contributed by atoms with Crippen LogP contribution in [0.3, 0.4) is 0 Å². The molecule has 0 aromatic heterocycles. The number of anilines is 1. The lowest BCUT2D eigenvalue weighted by atomic mass is 10.00. The fourth-order valence-corrected chi connectivity index (χ4v) is 3.02. The van der Waals surface area contributed by atoms with Crippen LogP contribution in [0.1, 0.15) is 11.1 Å². The summed E-state index contributed by atoms with van der Waals surface area (Å²) >= 11 is 0. The second-order valence-corrected chi connectivity index (χ2v) is 4.81. The van der Waals surface area contributed by atoms with Gasteiger partial charge < -0.3 is 4.90 Å². The summed E-state index contributed by atoms with van der Waals surface area (Å²) in [5.41, 5.74) is 4.69. The van der Waals surface area contributed by atoms with Gasteiger partial charge in [0.05, 0.1) is 11.4 Å². The van der Waals surface area contributed by atoms with E-state index in [1.807, 2.05) is 11.1 Å². The minimum Gasteiger partial charge on any atom is -0.314 e. The normalized spacial score (nSPS) is 16.1. The zero-order valence-corrected chi connectivity index (χ0v) is 9.89. The third kappa shape index (κ3) is 1.13. The molecule has 88 valence electrons. The largest absolute Gasteiger partial charge is 0.314 e. The van der Waals surface area contributed by atoms with E-state index in [2.05, 4.69) is 29.3 Å². The molecule has 1 amide bonds. The van der Waals surface area contributed by atoms with Gasteiger partial charge in [-0.25, -0.2) is 0 Å². The Morgan fingerprint density at radius 1 is 1.11 bits per heavy atom. The summed E-state index contributed by atoms with van der Waals surface area (Å²) in [7, 11) is 0. The molecule has 0 bridgehead atoms. The highest BCUT2D eigenvalue weighted by Crippen LogP contribution is 2.41. The Hall–Kier alpha value is -2.16. The molecule has 0 unspecified atom stereocenters. The van der Waals surface area contributed by atoms with Crippen LogP contribution in [0, 0.1) is 0 Å². The van der Waals surface area contributed by atoms with Crippen molar-refractivity contribution in [3.63, 3.8) is 0 Å². The van der Waals surface area contributed by atoms with E-state index in [-0.39, 0.29) is 0 Å². The van der Waals surface area contributed by atoms with E-state index < -0.39 is 0 Å². The van der Waals surface area contributed by atoms with Gasteiger partial charge >= 0.3 is 0 Å². The Morgan fingerprint density at radius 2 is 1.94 bits per heavy atom. The molecular weight excluding hydrogens is 224 g/mol. The number of carbonyl (C=O) groups excluding carboxylic acids is 1. The van der Waals surface area contributed by atoms with Gasteiger partial charge in [-0.1, -0.05) is 24.3 Å². The summed E-state index contributed by atoms with van der Waals surface area (Å²) in [6.45, 7) is 0.790. The molecule has 0 spiro atoms. The predicted octanol–water partition coefficient (Wildman–Crippen LogP) is 2.62. The lowest BCUT2D eigenvalue weighted by Gasteiger charge is -2.14. The Labute approximate surface area is 105 Å². The molecule has 0 N–H and O–H groups in total. The molecule has 3 heteroatoms. The minimum atomic E-state index is 0.790. The molecule has 0 radical (unpaired) electrons. The minimum absolute atomic E-state index is 0.790. The zero-order chi connectivity index (χ0) is 12.1. The maximum Gasteiger partial charge on any atom is 0.214 e. The van der Waals surface area contributed by atoms with Gasteiger partial charge in [-0.3, -0.25) is 9.79 Å². The Kier molecular flexibility index (Phi) is 1.87. The van der Waals surface area contributed by atoms with Crippen LogP contribution in [-0.2, 0) is 17.6 Å². The van der Waals surface area contributed by atoms with Gasteiger partial charge in [0.25, 0.3) is 0 Å². The van der Waals surface area contributed by atoms with Crippen molar-refractivity contribution in [3.05, 3.63) is 35.4 Å². The van der Waals surface area contributed by atoms with Gasteiger partial charge in [-0.05, 0) is 17.5 Å². The van der Waals surface area contributed by atoms with Crippen molar-refractivity contribution in [1.82, 2.24) is 0 Å². The van der Waals surface area contributed by atoms with Crippen LogP contribution >= 0.6 is 0 Å². The molecule has 3 nitrogen and oxygen atoms in total. The number of rotatable bonds is 1. The summed E-state index contributed by atoms with van der Waals surface area (Å²) in [5.74, 6) is 0. The number of aliphatic imine (C=N–C) groups is 1. The van der Waals surface area contributed by atoms with Gasteiger partial charge in [0.2, 0.25) is 6.41 Å². The predicted molar refractivity (Wildman–Crippen MR) is 72.9 cm³/mol. The van der Waals surface area contributed by atoms with Crippen LogP contribution in [0.5, 0.6) is 0 Å². The highest BCUT2D eigenvalue weighted by molar-refractivity contribution is 6.07. The standard InChI is InChI=1S/C15H12N2O/c18-9-17-8-6-11-2-3-12-13(15(11)17)4-1-10-5-7-16-14(10)12/h1-4,7,9H,5-6,8H2. The highest BCUT2D eigenvalue weighted by Gasteiger charge is 2.22. The number of amides is 1. The van der Waals surface area contributed by atoms with Crippen molar-refractivity contribution in [2.45, 2.75) is 12.8 Å². The maximum absolute atomic E-state index is 11.1. The lowest BCUT2D eigenvalue weighted by molar-refractivity contribution is -0.107. The molecule has 4 rings (SSSR count). The molecular formula is C15H12N2O. The van der Waals surface area contributed by atoms with E-state index in [4.69, 9.17) is 0 Å². The van der Waals surface area contributed by atoms with Crippen LogP contribution in [-0.4, -0.2) is 19.2 Å². The average Bonchev–Trinajstić information content (AvgIpc) is 3.04. The molecule has 0 atom stereocenters. The molecule has 2 aliphatic heterocycles. The molecule has 2 heterocycles. The summed E-state index contributed by atoms with van der Waals surface area (Å²) in [6, 6.07) is 8.54. The highest BCUT2D eigenvalue weighted by atomic mass is 16.1. The maximum atomic E-state index is 11.1. The molecule has 0 saturated heterocycles. The van der Waals surface area contributed by atoms with Gasteiger partial charge in [0.1, 0.15) is 0 Å². The second-order valence-electron chi connectivity index (χ2n) is 4.81. The summed E-state index contributed by atoms with van der Waals surface area (Å²) in [6.07, 6.45) is 4.75. The number of hydrogen-bond donors (Lipinski definition) is 0. The van der Waals surface area contributed by atoms with Gasteiger partial charge in [-0.2, -0.15) is 0 Å². The van der Waals surface area contributed by atoms with Gasteiger partial charge in [-0.15, -0.1) is 0 Å². The number of benzene rings is 2. The number of hydrogen-bond acceptors (Lipinski definition) is 2. The Balaban J connectivity index is 2.10. The number of nitrogens with zero attached hydrogens (tertiary/aromatic N) is 2. The first-order chi connectivity index (χ1) is 8.88. The first kappa shape index (κ1) is 9.83. The average molecular weight is 236 g/mol. The fraction of sp³-hybridized carbons (Fsp3) is 0.200. The molecule has 0 saturated carbocycles. The van der Waals surface area contributed by atoms with Crippen molar-refractivity contribution in [2.75, 3.05) is 11.4 Å². The van der Waals surface area contributed by atoms with Crippen molar-refractivity contribution in [3.8, 4) is 0 Å². The van der Waals surface area contributed by atoms with Crippen molar-refractivity contribution >= 4 is 34.8 Å². The smallest absolute Gasteiger partial charge is 0.214 e. The van der Waals surface area contributed by atoms with Crippen LogP contribution in [0.25, 0.3) is 10.8 Å². The third-order valence-corrected chi connectivity index (χ3v) is 3.88. The van der Waals surface area contributed by atoms with E-state index in [0.717, 1.165) is 47.9 Å². The molecule has 18 heavy (non-hydrogen) atoms. The van der Waals surface area contributed by atoms with E-state index in [1.54, 1.807) is 0 Å². The molecule has 2 aliphatic rings. The van der Waals surface area contributed by atoms with Crippen LogP contribution < -0.4 is 4.90 Å². The fourth-order valence-electron chi connectivity index (χ4n) is 3.02. The van der Waals surface area contributed by atoms with Gasteiger partial charge in [0, 0.05) is 30.0 Å². The van der Waals surface area contributed by atoms with Crippen LogP contribution in [0.4, 0.5) is 11.4 Å². The molecule has 2 aromatic rings. The topological polar surface area (TPSA) is 32.7 Å². The van der Waals surface area contributed by atoms with E-state index in [9.17, 15) is 4.79 Å². The molecule has 2 aromatic carbocycles. The van der Waals surface area contributed by atoms with Gasteiger partial charge in [0.15, 0.2) is 0 Å². The van der Waals surface area contributed by atoms with Crippen LogP contribution in [0.2, 0.25) is 0 Å². The molecule has 0 fully saturated rings. The SMILES string of the molecule is O=CN1CCc2ccc3c4c(ccc3c21)CC=N4. The zero-order valence-electron chi connectivity index (χ0n) is 9.89. The quantitative estimate of drug-likeness (QED) is 0.700. The first-order valence-corrected chi connectivity index (χ1v) is 6.20. The van der Waals surface area contributed by atoms with E-state index in [0.29, 0.717) is 0 Å². The summed E-state index contributed by atoms with van der Waals surface area (Å²) in [5, 5.41) is 2.31. The van der Waals surface area contributed by atoms with E-state index in [1.165, 1.54) is 11.1 Å². The monoisotopic (exact) mass is 236 g/mol. The third-order valence-electron chi connectivity index (χ3n) is 3.88. The first-order valence-electron chi connectivity index (χ1n) is 6.20. The van der Waals surface area contributed by atoms with Crippen molar-refractivity contribution in [1.29, 1.82) is 0 Å². The Bertz CT molecular complexity index is 703. The summed E-state index contributed by atoms with van der Waals surface area (Å²) < 4.78 is 0. The summed E-state index contributed by atoms with van der Waals surface area (Å²) in [4.78, 5) is 17.4. The Morgan fingerprint density at radius 3 is 2.83 bits per heavy atom. The second kappa shape index (κ2) is 3.42. The number of carbonyl (C=O) groups is 1. The van der Waals surface area contributed by atoms with Crippen LogP contribution in [0.15, 0.2) is 29.3 Å². The van der Waals surface area contributed by atoms with Crippen molar-refractivity contribution in [2.24, 2.45) is 4.99 Å². The number of fused-ring (bicyclic) bond motifs is 5. The lowest BCUT2D eigenvalue weighted by Crippen LogP contribution is -2.17.